The van der Waals surface area contributed by atoms with Gasteiger partial charge in [0.25, 0.3) is 5.91 Å². The molecule has 0 aliphatic carbocycles. The zero-order valence-corrected chi connectivity index (χ0v) is 19.1. The van der Waals surface area contributed by atoms with Crippen LogP contribution < -0.4 is 10.1 Å². The number of ether oxygens (including phenoxy) is 1. The van der Waals surface area contributed by atoms with Crippen LogP contribution in [0, 0.1) is 0 Å². The molecule has 0 spiro atoms. The van der Waals surface area contributed by atoms with Crippen molar-refractivity contribution in [2.45, 2.75) is 13.1 Å². The highest BCUT2D eigenvalue weighted by Crippen LogP contribution is 2.26. The van der Waals surface area contributed by atoms with Crippen molar-refractivity contribution in [1.29, 1.82) is 0 Å². The van der Waals surface area contributed by atoms with Gasteiger partial charge in [-0.3, -0.25) is 9.48 Å². The summed E-state index contributed by atoms with van der Waals surface area (Å²) in [5.41, 5.74) is 3.75. The van der Waals surface area contributed by atoms with Crippen molar-refractivity contribution in [1.82, 2.24) is 34.8 Å². The Morgan fingerprint density at radius 1 is 1.06 bits per heavy atom. The molecule has 1 N–H and O–H groups in total. The Kier molecular flexibility index (Phi) is 6.29. The molecular formula is C26H23N7O2. The van der Waals surface area contributed by atoms with Crippen molar-refractivity contribution in [3.05, 3.63) is 108 Å². The zero-order valence-electron chi connectivity index (χ0n) is 19.1. The van der Waals surface area contributed by atoms with Crippen molar-refractivity contribution in [3.8, 4) is 22.8 Å². The Morgan fingerprint density at radius 3 is 2.74 bits per heavy atom. The summed E-state index contributed by atoms with van der Waals surface area (Å²) in [6.45, 7) is 0.813. The summed E-state index contributed by atoms with van der Waals surface area (Å²) in [6.07, 6.45) is 6.47. The van der Waals surface area contributed by atoms with Crippen LogP contribution in [-0.2, 0) is 13.1 Å². The molecule has 5 rings (SSSR count). The normalized spacial score (nSPS) is 10.8. The fourth-order valence-electron chi connectivity index (χ4n) is 3.79. The molecule has 0 unspecified atom stereocenters. The fraction of sp³-hybridized carbons (Fsp3) is 0.115. The maximum absolute atomic E-state index is 13.4. The van der Waals surface area contributed by atoms with E-state index < -0.39 is 0 Å². The van der Waals surface area contributed by atoms with Gasteiger partial charge in [0, 0.05) is 30.1 Å². The van der Waals surface area contributed by atoms with Gasteiger partial charge in [-0.1, -0.05) is 48.5 Å². The number of nitrogens with one attached hydrogen (secondary N) is 1. The molecule has 0 aliphatic rings. The molecule has 2 aromatic carbocycles. The molecule has 0 aliphatic heterocycles. The average molecular weight is 466 g/mol. The van der Waals surface area contributed by atoms with Crippen LogP contribution in [0.2, 0.25) is 0 Å². The molecule has 0 fully saturated rings. The number of benzene rings is 2. The largest absolute Gasteiger partial charge is 0.497 e. The lowest BCUT2D eigenvalue weighted by molar-refractivity contribution is 0.0951. The number of methoxy groups -OCH3 is 1. The first-order valence-electron chi connectivity index (χ1n) is 11.0. The number of hydrogen-bond acceptors (Lipinski definition) is 6. The van der Waals surface area contributed by atoms with E-state index in [1.807, 2.05) is 66.7 Å². The van der Waals surface area contributed by atoms with Crippen molar-refractivity contribution >= 4 is 5.91 Å². The molecule has 1 amide bonds. The van der Waals surface area contributed by atoms with Gasteiger partial charge in [-0.15, -0.1) is 0 Å². The smallest absolute Gasteiger partial charge is 0.255 e. The minimum absolute atomic E-state index is 0.240. The molecule has 9 nitrogen and oxygen atoms in total. The summed E-state index contributed by atoms with van der Waals surface area (Å²) in [5, 5.41) is 11.9. The van der Waals surface area contributed by atoms with Crippen LogP contribution in [0.3, 0.4) is 0 Å². The third kappa shape index (κ3) is 4.93. The summed E-state index contributed by atoms with van der Waals surface area (Å²) >= 11 is 0. The maximum Gasteiger partial charge on any atom is 0.255 e. The first kappa shape index (κ1) is 22.0. The van der Waals surface area contributed by atoms with Crippen molar-refractivity contribution < 1.29 is 9.53 Å². The van der Waals surface area contributed by atoms with Gasteiger partial charge in [-0.05, 0) is 23.8 Å². The zero-order chi connectivity index (χ0) is 24.0. The Morgan fingerprint density at radius 2 is 1.94 bits per heavy atom. The Labute approximate surface area is 202 Å². The Hall–Kier alpha value is -4.79. The van der Waals surface area contributed by atoms with Gasteiger partial charge >= 0.3 is 0 Å². The molecule has 174 valence electrons. The van der Waals surface area contributed by atoms with Crippen LogP contribution in [-0.4, -0.2) is 42.5 Å². The number of pyridine rings is 1. The number of nitrogens with zero attached hydrogens (tertiary/aromatic N) is 6. The molecule has 9 heteroatoms. The van der Waals surface area contributed by atoms with Crippen molar-refractivity contribution in [2.24, 2.45) is 0 Å². The third-order valence-electron chi connectivity index (χ3n) is 5.48. The van der Waals surface area contributed by atoms with E-state index in [4.69, 9.17) is 9.84 Å². The van der Waals surface area contributed by atoms with E-state index in [1.165, 1.54) is 6.33 Å². The van der Waals surface area contributed by atoms with Gasteiger partial charge in [-0.2, -0.15) is 10.2 Å². The molecule has 5 aromatic rings. The second-order valence-corrected chi connectivity index (χ2v) is 7.82. The summed E-state index contributed by atoms with van der Waals surface area (Å²) in [7, 11) is 1.61. The second kappa shape index (κ2) is 10.0. The summed E-state index contributed by atoms with van der Waals surface area (Å²) < 4.78 is 8.73. The lowest BCUT2D eigenvalue weighted by Gasteiger charge is -2.09. The van der Waals surface area contributed by atoms with Gasteiger partial charge in [0.15, 0.2) is 5.82 Å². The average Bonchev–Trinajstić information content (AvgIpc) is 3.59. The van der Waals surface area contributed by atoms with Gasteiger partial charge in [0.2, 0.25) is 0 Å². The molecule has 35 heavy (non-hydrogen) atoms. The Bertz CT molecular complexity index is 1430. The second-order valence-electron chi connectivity index (χ2n) is 7.82. The molecule has 0 saturated carbocycles. The number of carbonyl (C=O) groups is 1. The van der Waals surface area contributed by atoms with Crippen LogP contribution in [0.15, 0.2) is 91.8 Å². The fourth-order valence-corrected chi connectivity index (χ4v) is 3.79. The van der Waals surface area contributed by atoms with Crippen LogP contribution >= 0.6 is 0 Å². The van der Waals surface area contributed by atoms with Gasteiger partial charge in [0.1, 0.15) is 24.1 Å². The summed E-state index contributed by atoms with van der Waals surface area (Å²) in [4.78, 5) is 21.7. The monoisotopic (exact) mass is 465 g/mol. The van der Waals surface area contributed by atoms with Crippen LogP contribution in [0.1, 0.15) is 21.5 Å². The summed E-state index contributed by atoms with van der Waals surface area (Å²) in [6, 6.07) is 21.2. The minimum Gasteiger partial charge on any atom is -0.497 e. The van der Waals surface area contributed by atoms with Crippen LogP contribution in [0.25, 0.3) is 17.1 Å². The van der Waals surface area contributed by atoms with E-state index in [1.54, 1.807) is 35.2 Å². The lowest BCUT2D eigenvalue weighted by Crippen LogP contribution is -2.24. The van der Waals surface area contributed by atoms with Crippen LogP contribution in [0.5, 0.6) is 5.75 Å². The van der Waals surface area contributed by atoms with E-state index in [0.717, 1.165) is 16.7 Å². The first-order chi connectivity index (χ1) is 17.2. The number of aromatic nitrogens is 6. The highest BCUT2D eigenvalue weighted by molar-refractivity contribution is 5.99. The van der Waals surface area contributed by atoms with Gasteiger partial charge in [0.05, 0.1) is 19.2 Å². The SMILES string of the molecule is COc1cccc(-c2nn(Cc3ccccc3)cc2C(=O)NCc2cccnc2-n2cncn2)c1. The predicted molar refractivity (Wildman–Crippen MR) is 130 cm³/mol. The summed E-state index contributed by atoms with van der Waals surface area (Å²) in [5.74, 6) is 1.06. The van der Waals surface area contributed by atoms with E-state index in [-0.39, 0.29) is 12.5 Å². The molecular weight excluding hydrogens is 442 g/mol. The van der Waals surface area contributed by atoms with Crippen molar-refractivity contribution in [3.63, 3.8) is 0 Å². The maximum atomic E-state index is 13.4. The minimum atomic E-state index is -0.240. The molecule has 3 heterocycles. The Balaban J connectivity index is 1.44. The molecule has 0 saturated heterocycles. The van der Waals surface area contributed by atoms with E-state index in [0.29, 0.717) is 29.4 Å². The number of rotatable bonds is 8. The third-order valence-corrected chi connectivity index (χ3v) is 5.48. The quantitative estimate of drug-likeness (QED) is 0.376. The first-order valence-corrected chi connectivity index (χ1v) is 11.0. The number of amides is 1. The lowest BCUT2D eigenvalue weighted by atomic mass is 10.1. The number of hydrogen-bond donors (Lipinski definition) is 1. The standard InChI is InChI=1S/C26H23N7O2/c1-35-22-11-5-9-20(13-22)24-23(16-32(31-24)15-19-7-3-2-4-8-19)26(34)29-14-21-10-6-12-28-25(21)33-18-27-17-30-33/h2-13,16-18H,14-15H2,1H3,(H,29,34). The molecule has 0 bridgehead atoms. The predicted octanol–water partition coefficient (Wildman–Crippen LogP) is 3.51. The van der Waals surface area contributed by atoms with E-state index in [2.05, 4.69) is 20.4 Å². The van der Waals surface area contributed by atoms with E-state index >= 15 is 0 Å². The van der Waals surface area contributed by atoms with Crippen LogP contribution in [0.4, 0.5) is 0 Å². The van der Waals surface area contributed by atoms with Gasteiger partial charge in [-0.25, -0.2) is 14.6 Å². The van der Waals surface area contributed by atoms with Crippen molar-refractivity contribution in [2.75, 3.05) is 7.11 Å². The van der Waals surface area contributed by atoms with Gasteiger partial charge < -0.3 is 10.1 Å². The van der Waals surface area contributed by atoms with E-state index in [9.17, 15) is 4.79 Å². The highest BCUT2D eigenvalue weighted by atomic mass is 16.5. The molecule has 0 radical (unpaired) electrons. The molecule has 0 atom stereocenters. The molecule has 3 aromatic heterocycles. The topological polar surface area (TPSA) is 99.8 Å². The number of carbonyl (C=O) groups excluding carboxylic acids is 1. The highest BCUT2D eigenvalue weighted by Gasteiger charge is 2.19.